The van der Waals surface area contributed by atoms with Gasteiger partial charge in [0.25, 0.3) is 0 Å². The molecule has 0 unspecified atom stereocenters. The summed E-state index contributed by atoms with van der Waals surface area (Å²) >= 11 is 0. The third-order valence-corrected chi connectivity index (χ3v) is 3.19. The van der Waals surface area contributed by atoms with E-state index in [-0.39, 0.29) is 6.61 Å². The first-order valence-electron chi connectivity index (χ1n) is 7.48. The Bertz CT molecular complexity index is 499. The van der Waals surface area contributed by atoms with Crippen LogP contribution in [0.1, 0.15) is 43.9 Å². The molecule has 21 heavy (non-hydrogen) atoms. The standard InChI is InChI=1S/C16H22N2O3/c19-13-16-18-17-15(21-16)11-7-2-1-3-8-12-20-14-9-5-4-6-10-14/h4-6,9-10,19H,1-3,7-8,11-13H2. The Morgan fingerprint density at radius 3 is 2.38 bits per heavy atom. The molecule has 0 saturated heterocycles. The Labute approximate surface area is 125 Å². The van der Waals surface area contributed by atoms with E-state index in [0.29, 0.717) is 11.8 Å². The van der Waals surface area contributed by atoms with Crippen molar-refractivity contribution in [3.63, 3.8) is 0 Å². The topological polar surface area (TPSA) is 68.4 Å². The van der Waals surface area contributed by atoms with Crippen LogP contribution in [0.4, 0.5) is 0 Å². The van der Waals surface area contributed by atoms with Crippen LogP contribution in [0.2, 0.25) is 0 Å². The first-order valence-corrected chi connectivity index (χ1v) is 7.48. The van der Waals surface area contributed by atoms with Crippen LogP contribution < -0.4 is 4.74 Å². The number of ether oxygens (including phenoxy) is 1. The fraction of sp³-hybridized carbons (Fsp3) is 0.500. The Balaban J connectivity index is 1.45. The molecule has 1 aromatic heterocycles. The Morgan fingerprint density at radius 1 is 0.905 bits per heavy atom. The second-order valence-electron chi connectivity index (χ2n) is 4.93. The minimum absolute atomic E-state index is 0.186. The number of hydrogen-bond donors (Lipinski definition) is 1. The number of aromatic nitrogens is 2. The quantitative estimate of drug-likeness (QED) is 0.681. The largest absolute Gasteiger partial charge is 0.494 e. The van der Waals surface area contributed by atoms with Crippen molar-refractivity contribution in [3.05, 3.63) is 42.1 Å². The number of unbranched alkanes of at least 4 members (excludes halogenated alkanes) is 4. The zero-order valence-electron chi connectivity index (χ0n) is 12.2. The predicted octanol–water partition coefficient (Wildman–Crippen LogP) is 3.13. The molecule has 0 spiro atoms. The van der Waals surface area contributed by atoms with Crippen LogP contribution in [0.15, 0.2) is 34.7 Å². The number of nitrogens with zero attached hydrogens (tertiary/aromatic N) is 2. The molecular weight excluding hydrogens is 268 g/mol. The second kappa shape index (κ2) is 9.13. The lowest BCUT2D eigenvalue weighted by atomic mass is 10.1. The van der Waals surface area contributed by atoms with E-state index < -0.39 is 0 Å². The van der Waals surface area contributed by atoms with E-state index in [0.717, 1.165) is 38.0 Å². The summed E-state index contributed by atoms with van der Waals surface area (Å²) in [6, 6.07) is 9.90. The van der Waals surface area contributed by atoms with Gasteiger partial charge in [0, 0.05) is 6.42 Å². The molecule has 0 fully saturated rings. The van der Waals surface area contributed by atoms with Gasteiger partial charge in [0.05, 0.1) is 6.61 Å². The molecule has 0 aliphatic heterocycles. The average Bonchev–Trinajstić information content (AvgIpc) is 2.99. The number of benzene rings is 1. The fourth-order valence-corrected chi connectivity index (χ4v) is 2.07. The molecule has 5 heteroatoms. The molecule has 1 heterocycles. The van der Waals surface area contributed by atoms with Crippen molar-refractivity contribution < 1.29 is 14.3 Å². The maximum Gasteiger partial charge on any atom is 0.241 e. The average molecular weight is 290 g/mol. The highest BCUT2D eigenvalue weighted by atomic mass is 16.5. The molecular formula is C16H22N2O3. The fourth-order valence-electron chi connectivity index (χ4n) is 2.07. The number of aryl methyl sites for hydroxylation is 1. The van der Waals surface area contributed by atoms with Gasteiger partial charge in [-0.05, 0) is 25.0 Å². The van der Waals surface area contributed by atoms with Crippen LogP contribution in [-0.2, 0) is 13.0 Å². The second-order valence-corrected chi connectivity index (χ2v) is 4.93. The normalized spacial score (nSPS) is 10.7. The van der Waals surface area contributed by atoms with Gasteiger partial charge >= 0.3 is 0 Å². The van der Waals surface area contributed by atoms with Gasteiger partial charge in [-0.15, -0.1) is 10.2 Å². The minimum Gasteiger partial charge on any atom is -0.494 e. The number of aliphatic hydroxyl groups excluding tert-OH is 1. The summed E-state index contributed by atoms with van der Waals surface area (Å²) in [5.41, 5.74) is 0. The summed E-state index contributed by atoms with van der Waals surface area (Å²) in [7, 11) is 0. The van der Waals surface area contributed by atoms with Crippen molar-refractivity contribution in [2.45, 2.75) is 45.1 Å². The van der Waals surface area contributed by atoms with Crippen LogP contribution in [0, 0.1) is 0 Å². The molecule has 0 aliphatic rings. The molecule has 2 aromatic rings. The van der Waals surface area contributed by atoms with Gasteiger partial charge in [0.2, 0.25) is 11.8 Å². The maximum absolute atomic E-state index is 8.82. The summed E-state index contributed by atoms with van der Waals surface area (Å²) < 4.78 is 10.9. The van der Waals surface area contributed by atoms with Gasteiger partial charge in [0.15, 0.2) is 0 Å². The molecule has 0 bridgehead atoms. The van der Waals surface area contributed by atoms with Crippen LogP contribution in [0.5, 0.6) is 5.75 Å². The van der Waals surface area contributed by atoms with Gasteiger partial charge in [0.1, 0.15) is 12.4 Å². The van der Waals surface area contributed by atoms with Crippen molar-refractivity contribution >= 4 is 0 Å². The van der Waals surface area contributed by atoms with Gasteiger partial charge in [-0.25, -0.2) is 0 Å². The Hall–Kier alpha value is -1.88. The number of para-hydroxylation sites is 1. The molecule has 0 atom stereocenters. The zero-order valence-corrected chi connectivity index (χ0v) is 12.2. The SMILES string of the molecule is OCc1nnc(CCCCCCCOc2ccccc2)o1. The molecule has 0 aliphatic carbocycles. The van der Waals surface area contributed by atoms with Crippen molar-refractivity contribution in [2.24, 2.45) is 0 Å². The summed E-state index contributed by atoms with van der Waals surface area (Å²) in [5.74, 6) is 1.85. The third-order valence-electron chi connectivity index (χ3n) is 3.19. The zero-order chi connectivity index (χ0) is 14.8. The Morgan fingerprint density at radius 2 is 1.62 bits per heavy atom. The summed E-state index contributed by atoms with van der Waals surface area (Å²) in [5, 5.41) is 16.4. The van der Waals surface area contributed by atoms with Crippen LogP contribution >= 0.6 is 0 Å². The monoisotopic (exact) mass is 290 g/mol. The van der Waals surface area contributed by atoms with E-state index in [9.17, 15) is 0 Å². The number of hydrogen-bond acceptors (Lipinski definition) is 5. The lowest BCUT2D eigenvalue weighted by Crippen LogP contribution is -1.97. The van der Waals surface area contributed by atoms with E-state index in [4.69, 9.17) is 14.3 Å². The molecule has 0 amide bonds. The van der Waals surface area contributed by atoms with E-state index in [2.05, 4.69) is 10.2 Å². The van der Waals surface area contributed by atoms with E-state index in [1.165, 1.54) is 12.8 Å². The van der Waals surface area contributed by atoms with Gasteiger partial charge in [-0.3, -0.25) is 0 Å². The Kier molecular flexibility index (Phi) is 6.74. The molecule has 114 valence electrons. The first-order chi connectivity index (χ1) is 10.4. The molecule has 5 nitrogen and oxygen atoms in total. The van der Waals surface area contributed by atoms with E-state index in [1.54, 1.807) is 0 Å². The maximum atomic E-state index is 8.82. The van der Waals surface area contributed by atoms with Gasteiger partial charge in [-0.1, -0.05) is 37.5 Å². The lowest BCUT2D eigenvalue weighted by Gasteiger charge is -2.05. The van der Waals surface area contributed by atoms with Crippen molar-refractivity contribution in [3.8, 4) is 5.75 Å². The minimum atomic E-state index is -0.186. The summed E-state index contributed by atoms with van der Waals surface area (Å²) in [6.45, 7) is 0.585. The molecule has 0 radical (unpaired) electrons. The number of rotatable bonds is 10. The van der Waals surface area contributed by atoms with Crippen molar-refractivity contribution in [1.82, 2.24) is 10.2 Å². The highest BCUT2D eigenvalue weighted by Gasteiger charge is 2.03. The van der Waals surface area contributed by atoms with Crippen LogP contribution in [0.3, 0.4) is 0 Å². The number of aliphatic hydroxyl groups is 1. The van der Waals surface area contributed by atoms with Crippen LogP contribution in [-0.4, -0.2) is 21.9 Å². The molecule has 2 rings (SSSR count). The van der Waals surface area contributed by atoms with E-state index in [1.807, 2.05) is 30.3 Å². The highest BCUT2D eigenvalue weighted by molar-refractivity contribution is 5.20. The molecule has 1 N–H and O–H groups in total. The van der Waals surface area contributed by atoms with Crippen molar-refractivity contribution in [1.29, 1.82) is 0 Å². The van der Waals surface area contributed by atoms with Crippen LogP contribution in [0.25, 0.3) is 0 Å². The smallest absolute Gasteiger partial charge is 0.241 e. The lowest BCUT2D eigenvalue weighted by molar-refractivity contribution is 0.236. The molecule has 0 saturated carbocycles. The molecule has 1 aromatic carbocycles. The predicted molar refractivity (Wildman–Crippen MR) is 78.9 cm³/mol. The van der Waals surface area contributed by atoms with Gasteiger partial charge < -0.3 is 14.3 Å². The van der Waals surface area contributed by atoms with E-state index >= 15 is 0 Å². The summed E-state index contributed by atoms with van der Waals surface area (Å²) in [6.07, 6.45) is 6.38. The third kappa shape index (κ3) is 5.95. The summed E-state index contributed by atoms with van der Waals surface area (Å²) in [4.78, 5) is 0. The van der Waals surface area contributed by atoms with Gasteiger partial charge in [-0.2, -0.15) is 0 Å². The first kappa shape index (κ1) is 15.5. The highest BCUT2D eigenvalue weighted by Crippen LogP contribution is 2.11. The van der Waals surface area contributed by atoms with Crippen molar-refractivity contribution in [2.75, 3.05) is 6.61 Å².